The number of sulfonamides is 1. The third kappa shape index (κ3) is 3.13. The number of benzene rings is 1. The summed E-state index contributed by atoms with van der Waals surface area (Å²) in [5.74, 6) is 0. The first-order valence-corrected chi connectivity index (χ1v) is 6.15. The molecule has 0 unspecified atom stereocenters. The smallest absolute Gasteiger partial charge is 0.262 e. The van der Waals surface area contributed by atoms with Gasteiger partial charge in [0.15, 0.2) is 0 Å². The molecule has 0 aromatic heterocycles. The van der Waals surface area contributed by atoms with Gasteiger partial charge in [-0.05, 0) is 24.3 Å². The Morgan fingerprint density at radius 1 is 1.36 bits per heavy atom. The second-order valence-electron chi connectivity index (χ2n) is 2.36. The van der Waals surface area contributed by atoms with Crippen LogP contribution in [0.15, 0.2) is 29.2 Å². The Bertz CT molecular complexity index is 441. The number of rotatable bonds is 2. The summed E-state index contributed by atoms with van der Waals surface area (Å²) in [6, 6.07) is 5.74. The van der Waals surface area contributed by atoms with Gasteiger partial charge < -0.3 is 0 Å². The predicted octanol–water partition coefficient (Wildman–Crippen LogP) is 1.83. The second-order valence-corrected chi connectivity index (χ2v) is 5.64. The van der Waals surface area contributed by atoms with Crippen LogP contribution in [-0.4, -0.2) is 12.7 Å². The van der Waals surface area contributed by atoms with Gasteiger partial charge in [-0.3, -0.25) is 4.72 Å². The molecule has 0 heterocycles. The number of thiol groups is 1. The van der Waals surface area contributed by atoms with E-state index in [1.807, 2.05) is 0 Å². The Labute approximate surface area is 97.9 Å². The van der Waals surface area contributed by atoms with Crippen molar-refractivity contribution in [3.8, 4) is 0 Å². The van der Waals surface area contributed by atoms with Crippen molar-refractivity contribution in [2.24, 2.45) is 0 Å². The third-order valence-electron chi connectivity index (χ3n) is 1.35. The number of hydrogen-bond donors (Lipinski definition) is 2. The van der Waals surface area contributed by atoms with E-state index in [-0.39, 0.29) is 9.22 Å². The average Bonchev–Trinajstić information content (AvgIpc) is 2.02. The molecular weight excluding hydrogens is 262 g/mol. The normalized spacial score (nSPS) is 11.0. The molecule has 0 aliphatic heterocycles. The fourth-order valence-corrected chi connectivity index (χ4v) is 2.45. The van der Waals surface area contributed by atoms with Crippen molar-refractivity contribution in [3.05, 3.63) is 29.3 Å². The van der Waals surface area contributed by atoms with E-state index in [1.165, 1.54) is 24.3 Å². The number of nitrogens with one attached hydrogen (secondary N) is 1. The van der Waals surface area contributed by atoms with Crippen LogP contribution in [0.1, 0.15) is 0 Å². The molecule has 0 aliphatic rings. The molecular formula is C7H6ClNO2S3. The highest BCUT2D eigenvalue weighted by Crippen LogP contribution is 2.13. The molecule has 0 aliphatic carbocycles. The zero-order valence-electron chi connectivity index (χ0n) is 6.77. The molecule has 0 bridgehead atoms. The Morgan fingerprint density at radius 3 is 2.29 bits per heavy atom. The van der Waals surface area contributed by atoms with Gasteiger partial charge >= 0.3 is 0 Å². The fraction of sp³-hybridized carbons (Fsp3) is 0. The van der Waals surface area contributed by atoms with Crippen LogP contribution in [0.2, 0.25) is 5.02 Å². The maximum absolute atomic E-state index is 11.5. The first kappa shape index (κ1) is 11.8. The van der Waals surface area contributed by atoms with Gasteiger partial charge in [0, 0.05) is 5.02 Å². The molecule has 1 aromatic carbocycles. The topological polar surface area (TPSA) is 46.2 Å². The van der Waals surface area contributed by atoms with Crippen LogP contribution < -0.4 is 4.72 Å². The van der Waals surface area contributed by atoms with E-state index in [4.69, 9.17) is 11.6 Å². The van der Waals surface area contributed by atoms with Crippen molar-refractivity contribution in [2.45, 2.75) is 4.90 Å². The largest absolute Gasteiger partial charge is 0.265 e. The van der Waals surface area contributed by atoms with Crippen molar-refractivity contribution >= 4 is 50.8 Å². The maximum Gasteiger partial charge on any atom is 0.262 e. The van der Waals surface area contributed by atoms with Crippen molar-refractivity contribution in [1.82, 2.24) is 4.72 Å². The van der Waals surface area contributed by atoms with Gasteiger partial charge in [-0.1, -0.05) is 23.8 Å². The number of hydrogen-bond acceptors (Lipinski definition) is 3. The standard InChI is InChI=1S/C7H6ClNO2S3/c8-5-1-3-6(4-2-5)14(10,11)9-7(12)13/h1-4H,(H2,9,12,13). The molecule has 7 heteroatoms. The van der Waals surface area contributed by atoms with Gasteiger partial charge in [0.25, 0.3) is 10.0 Å². The molecule has 3 nitrogen and oxygen atoms in total. The highest BCUT2D eigenvalue weighted by atomic mass is 35.5. The van der Waals surface area contributed by atoms with Crippen LogP contribution in [0.3, 0.4) is 0 Å². The zero-order valence-corrected chi connectivity index (χ0v) is 10.1. The molecule has 0 saturated carbocycles. The quantitative estimate of drug-likeness (QED) is 0.635. The van der Waals surface area contributed by atoms with Crippen LogP contribution in [0.4, 0.5) is 0 Å². The van der Waals surface area contributed by atoms with Crippen LogP contribution in [0.25, 0.3) is 0 Å². The Hall–Kier alpha value is -0.300. The fourth-order valence-electron chi connectivity index (χ4n) is 0.788. The lowest BCUT2D eigenvalue weighted by molar-refractivity contribution is 0.593. The van der Waals surface area contributed by atoms with Gasteiger partial charge in [0.1, 0.15) is 4.32 Å². The summed E-state index contributed by atoms with van der Waals surface area (Å²) >= 11 is 13.8. The molecule has 0 atom stereocenters. The summed E-state index contributed by atoms with van der Waals surface area (Å²) < 4.78 is 24.9. The van der Waals surface area contributed by atoms with Gasteiger partial charge in [-0.2, -0.15) is 0 Å². The first-order valence-electron chi connectivity index (χ1n) is 3.43. The van der Waals surface area contributed by atoms with Gasteiger partial charge in [-0.15, -0.1) is 12.6 Å². The van der Waals surface area contributed by atoms with Gasteiger partial charge in [0.05, 0.1) is 4.90 Å². The summed E-state index contributed by atoms with van der Waals surface area (Å²) in [5, 5.41) is 0.470. The number of halogens is 1. The van der Waals surface area contributed by atoms with E-state index in [1.54, 1.807) is 0 Å². The van der Waals surface area contributed by atoms with E-state index in [0.717, 1.165) is 0 Å². The van der Waals surface area contributed by atoms with Crippen molar-refractivity contribution in [1.29, 1.82) is 0 Å². The minimum absolute atomic E-state index is 0.0956. The lowest BCUT2D eigenvalue weighted by atomic mass is 10.4. The SMILES string of the molecule is O=S(=O)(NC(=S)S)c1ccc(Cl)cc1. The Balaban J connectivity index is 3.05. The minimum atomic E-state index is -3.60. The van der Waals surface area contributed by atoms with E-state index in [9.17, 15) is 8.42 Å². The summed E-state index contributed by atoms with van der Waals surface area (Å²) in [6.45, 7) is 0. The molecule has 0 radical (unpaired) electrons. The molecule has 1 N–H and O–H groups in total. The van der Waals surface area contributed by atoms with Crippen LogP contribution in [-0.2, 0) is 10.0 Å². The van der Waals surface area contributed by atoms with Crippen molar-refractivity contribution in [3.63, 3.8) is 0 Å². The van der Waals surface area contributed by atoms with Gasteiger partial charge in [-0.25, -0.2) is 8.42 Å². The molecule has 76 valence electrons. The van der Waals surface area contributed by atoms with Crippen LogP contribution >= 0.6 is 36.4 Å². The molecule has 0 spiro atoms. The predicted molar refractivity (Wildman–Crippen MR) is 63.4 cm³/mol. The van der Waals surface area contributed by atoms with Crippen molar-refractivity contribution < 1.29 is 8.42 Å². The molecule has 0 saturated heterocycles. The van der Waals surface area contributed by atoms with E-state index < -0.39 is 10.0 Å². The molecule has 0 amide bonds. The highest BCUT2D eigenvalue weighted by Gasteiger charge is 2.13. The summed E-state index contributed by atoms with van der Waals surface area (Å²) in [4.78, 5) is 0.0956. The summed E-state index contributed by atoms with van der Waals surface area (Å²) in [7, 11) is -3.60. The second kappa shape index (κ2) is 4.48. The van der Waals surface area contributed by atoms with E-state index in [0.29, 0.717) is 5.02 Å². The molecule has 14 heavy (non-hydrogen) atoms. The first-order chi connectivity index (χ1) is 6.42. The minimum Gasteiger partial charge on any atom is -0.265 e. The Kier molecular flexibility index (Phi) is 3.77. The molecule has 1 rings (SSSR count). The van der Waals surface area contributed by atoms with E-state index in [2.05, 4.69) is 29.6 Å². The lowest BCUT2D eigenvalue weighted by Crippen LogP contribution is -2.25. The van der Waals surface area contributed by atoms with E-state index >= 15 is 0 Å². The molecule has 1 aromatic rings. The Morgan fingerprint density at radius 2 is 1.86 bits per heavy atom. The highest BCUT2D eigenvalue weighted by molar-refractivity contribution is 8.12. The van der Waals surface area contributed by atoms with Crippen molar-refractivity contribution in [2.75, 3.05) is 0 Å². The molecule has 0 fully saturated rings. The van der Waals surface area contributed by atoms with Gasteiger partial charge in [0.2, 0.25) is 0 Å². The monoisotopic (exact) mass is 267 g/mol. The lowest BCUT2D eigenvalue weighted by Gasteiger charge is -2.04. The average molecular weight is 268 g/mol. The van der Waals surface area contributed by atoms with Crippen LogP contribution in [0.5, 0.6) is 0 Å². The zero-order chi connectivity index (χ0) is 10.8. The summed E-state index contributed by atoms with van der Waals surface area (Å²) in [5.41, 5.74) is 0. The van der Waals surface area contributed by atoms with Crippen LogP contribution in [0, 0.1) is 0 Å². The third-order valence-corrected chi connectivity index (χ3v) is 3.46. The summed E-state index contributed by atoms with van der Waals surface area (Å²) in [6.07, 6.45) is 0. The number of thiocarbonyl (C=S) groups is 1. The maximum atomic E-state index is 11.5.